The minimum absolute atomic E-state index is 0.0197. The molecular weight excluding hydrogens is 520 g/mol. The number of halogens is 4. The first-order valence-electron chi connectivity index (χ1n) is 11.1. The van der Waals surface area contributed by atoms with Gasteiger partial charge in [-0.1, -0.05) is 11.3 Å². The van der Waals surface area contributed by atoms with E-state index in [-0.39, 0.29) is 42.4 Å². The highest BCUT2D eigenvalue weighted by molar-refractivity contribution is 7.88. The molecule has 1 fully saturated rings. The van der Waals surface area contributed by atoms with Crippen LogP contribution in [0.3, 0.4) is 0 Å². The van der Waals surface area contributed by atoms with E-state index in [0.717, 1.165) is 21.3 Å². The van der Waals surface area contributed by atoms with E-state index in [4.69, 9.17) is 4.74 Å². The molecule has 0 saturated carbocycles. The summed E-state index contributed by atoms with van der Waals surface area (Å²) in [7, 11) is -2.48. The number of rotatable bonds is 7. The van der Waals surface area contributed by atoms with Crippen molar-refractivity contribution in [2.75, 3.05) is 38.4 Å². The van der Waals surface area contributed by atoms with Gasteiger partial charge in [0.15, 0.2) is 5.82 Å². The van der Waals surface area contributed by atoms with Crippen LogP contribution in [0, 0.1) is 5.82 Å². The molecule has 16 heteroatoms. The number of nitrogens with zero attached hydrogens (tertiary/aromatic N) is 7. The van der Waals surface area contributed by atoms with Gasteiger partial charge in [0.1, 0.15) is 17.7 Å². The molecule has 1 saturated heterocycles. The summed E-state index contributed by atoms with van der Waals surface area (Å²) >= 11 is 0. The van der Waals surface area contributed by atoms with E-state index in [1.54, 1.807) is 18.2 Å². The van der Waals surface area contributed by atoms with Gasteiger partial charge in [0.2, 0.25) is 21.9 Å². The smallest absolute Gasteiger partial charge is 0.281 e. The van der Waals surface area contributed by atoms with Crippen LogP contribution in [0.1, 0.15) is 6.42 Å². The summed E-state index contributed by atoms with van der Waals surface area (Å²) in [5.41, 5.74) is 1.63. The van der Waals surface area contributed by atoms with Gasteiger partial charge in [0, 0.05) is 6.54 Å². The maximum atomic E-state index is 15.2. The van der Waals surface area contributed by atoms with Crippen LogP contribution in [0.25, 0.3) is 27.7 Å². The highest BCUT2D eigenvalue weighted by Gasteiger charge is 2.47. The second-order valence-electron chi connectivity index (χ2n) is 8.64. The van der Waals surface area contributed by atoms with Crippen LogP contribution in [0.2, 0.25) is 0 Å². The topological polar surface area (TPSA) is 120 Å². The van der Waals surface area contributed by atoms with E-state index in [1.807, 2.05) is 0 Å². The standard InChI is InChI=1S/C21H22F4N8O3S/c1-36-19-18-17(12-3-4-14-15(9-12)32(8-6-22)30-28-14)13(23)10-33(18)29-20(27-19)26-16-5-7-31(37(2,34)35)11-21(16,24)25/h3-4,9-10,16H,5-8,11H2,1-2H3,(H,26,29)/t16-/m1/s1. The second kappa shape index (κ2) is 9.09. The van der Waals surface area contributed by atoms with Crippen molar-refractivity contribution >= 4 is 32.5 Å². The van der Waals surface area contributed by atoms with Crippen molar-refractivity contribution in [1.29, 1.82) is 0 Å². The minimum Gasteiger partial charge on any atom is -0.479 e. The van der Waals surface area contributed by atoms with Crippen molar-refractivity contribution < 1.29 is 30.7 Å². The molecule has 1 N–H and O–H groups in total. The summed E-state index contributed by atoms with van der Waals surface area (Å²) in [6.07, 6.45) is 1.74. The molecule has 1 aliphatic heterocycles. The van der Waals surface area contributed by atoms with Crippen molar-refractivity contribution in [3.05, 3.63) is 30.2 Å². The molecule has 37 heavy (non-hydrogen) atoms. The third-order valence-corrected chi connectivity index (χ3v) is 7.43. The van der Waals surface area contributed by atoms with Crippen LogP contribution < -0.4 is 10.1 Å². The summed E-state index contributed by atoms with van der Waals surface area (Å²) in [5.74, 6) is -4.42. The fraction of sp³-hybridized carbons (Fsp3) is 0.429. The van der Waals surface area contributed by atoms with Crippen molar-refractivity contribution in [2.24, 2.45) is 0 Å². The normalized spacial score (nSPS) is 18.5. The largest absolute Gasteiger partial charge is 0.479 e. The number of hydrogen-bond donors (Lipinski definition) is 1. The minimum atomic E-state index is -3.78. The molecule has 0 amide bonds. The second-order valence-corrected chi connectivity index (χ2v) is 10.6. The first-order valence-corrected chi connectivity index (χ1v) is 13.0. The summed E-state index contributed by atoms with van der Waals surface area (Å²) in [6.45, 7) is -1.77. The third-order valence-electron chi connectivity index (χ3n) is 6.18. The number of fused-ring (bicyclic) bond motifs is 2. The Labute approximate surface area is 208 Å². The predicted octanol–water partition coefficient (Wildman–Crippen LogP) is 2.34. The number of anilines is 1. The van der Waals surface area contributed by atoms with Gasteiger partial charge in [-0.25, -0.2) is 35.2 Å². The van der Waals surface area contributed by atoms with Gasteiger partial charge in [-0.2, -0.15) is 9.29 Å². The van der Waals surface area contributed by atoms with E-state index in [0.29, 0.717) is 16.6 Å². The Morgan fingerprint density at radius 1 is 1.30 bits per heavy atom. The number of alkyl halides is 3. The molecule has 5 rings (SSSR count). The molecule has 11 nitrogen and oxygen atoms in total. The quantitative estimate of drug-likeness (QED) is 0.354. The average Bonchev–Trinajstić information content (AvgIpc) is 3.38. The predicted molar refractivity (Wildman–Crippen MR) is 125 cm³/mol. The van der Waals surface area contributed by atoms with Gasteiger partial charge in [0.05, 0.1) is 49.8 Å². The fourth-order valence-corrected chi connectivity index (χ4v) is 5.23. The highest BCUT2D eigenvalue weighted by atomic mass is 32.2. The zero-order valence-corrected chi connectivity index (χ0v) is 20.5. The van der Waals surface area contributed by atoms with Gasteiger partial charge in [-0.3, -0.25) is 0 Å². The number of hydrogen-bond acceptors (Lipinski definition) is 8. The van der Waals surface area contributed by atoms with E-state index < -0.39 is 41.0 Å². The summed E-state index contributed by atoms with van der Waals surface area (Å²) in [5, 5.41) is 14.6. The molecule has 1 aliphatic rings. The molecule has 1 atom stereocenters. The number of methoxy groups -OCH3 is 1. The van der Waals surface area contributed by atoms with E-state index in [2.05, 4.69) is 25.7 Å². The first-order chi connectivity index (χ1) is 17.5. The van der Waals surface area contributed by atoms with Crippen molar-refractivity contribution in [3.63, 3.8) is 0 Å². The summed E-state index contributed by atoms with van der Waals surface area (Å²) < 4.78 is 89.5. The summed E-state index contributed by atoms with van der Waals surface area (Å²) in [4.78, 5) is 4.17. The Hall–Kier alpha value is -3.53. The van der Waals surface area contributed by atoms with Crippen LogP contribution in [0.15, 0.2) is 24.4 Å². The van der Waals surface area contributed by atoms with Crippen molar-refractivity contribution in [1.82, 2.24) is 33.9 Å². The third kappa shape index (κ3) is 4.54. The Morgan fingerprint density at radius 3 is 2.76 bits per heavy atom. The van der Waals surface area contributed by atoms with Crippen LogP contribution in [0.4, 0.5) is 23.5 Å². The van der Waals surface area contributed by atoms with Crippen LogP contribution in [-0.2, 0) is 16.6 Å². The number of piperidine rings is 1. The summed E-state index contributed by atoms with van der Waals surface area (Å²) in [6, 6.07) is 3.37. The molecule has 0 spiro atoms. The molecule has 0 aliphatic carbocycles. The number of aromatic nitrogens is 6. The van der Waals surface area contributed by atoms with E-state index in [1.165, 1.54) is 11.8 Å². The van der Waals surface area contributed by atoms with Crippen molar-refractivity contribution in [3.8, 4) is 17.0 Å². The Bertz CT molecular complexity index is 1590. The highest BCUT2D eigenvalue weighted by Crippen LogP contribution is 2.36. The number of ether oxygens (including phenoxy) is 1. The SMILES string of the molecule is COc1nc(N[C@@H]2CCN(S(C)(=O)=O)CC2(F)F)nn2cc(F)c(-c3ccc4nnn(CCF)c4c3)c12. The molecule has 3 aromatic heterocycles. The first kappa shape index (κ1) is 25.1. The number of aryl methyl sites for hydroxylation is 1. The molecule has 0 bridgehead atoms. The lowest BCUT2D eigenvalue weighted by molar-refractivity contribution is -0.0541. The maximum absolute atomic E-state index is 15.2. The van der Waals surface area contributed by atoms with Gasteiger partial charge < -0.3 is 10.1 Å². The Kier molecular flexibility index (Phi) is 6.18. The van der Waals surface area contributed by atoms with E-state index >= 15 is 4.39 Å². The molecule has 0 radical (unpaired) electrons. The number of benzene rings is 1. The molecule has 1 aromatic carbocycles. The molecule has 0 unspecified atom stereocenters. The van der Waals surface area contributed by atoms with Gasteiger partial charge in [-0.05, 0) is 24.1 Å². The fourth-order valence-electron chi connectivity index (χ4n) is 4.39. The van der Waals surface area contributed by atoms with Crippen molar-refractivity contribution in [2.45, 2.75) is 24.9 Å². The zero-order chi connectivity index (χ0) is 26.5. The molecule has 4 heterocycles. The lowest BCUT2D eigenvalue weighted by Crippen LogP contribution is -2.55. The lowest BCUT2D eigenvalue weighted by Gasteiger charge is -2.37. The van der Waals surface area contributed by atoms with Gasteiger partial charge in [-0.15, -0.1) is 10.2 Å². The molecule has 4 aromatic rings. The average molecular weight is 543 g/mol. The van der Waals surface area contributed by atoms with Crippen LogP contribution >= 0.6 is 0 Å². The molecule has 198 valence electrons. The van der Waals surface area contributed by atoms with E-state index in [9.17, 15) is 21.6 Å². The zero-order valence-electron chi connectivity index (χ0n) is 19.7. The van der Waals surface area contributed by atoms with Gasteiger partial charge in [0.25, 0.3) is 5.92 Å². The van der Waals surface area contributed by atoms with Gasteiger partial charge >= 0.3 is 0 Å². The lowest BCUT2D eigenvalue weighted by atomic mass is 10.0. The Morgan fingerprint density at radius 2 is 2.08 bits per heavy atom. The van der Waals surface area contributed by atoms with Crippen LogP contribution in [0.5, 0.6) is 5.88 Å². The number of nitrogens with one attached hydrogen (secondary N) is 1. The monoisotopic (exact) mass is 542 g/mol. The number of sulfonamides is 1. The van der Waals surface area contributed by atoms with Crippen LogP contribution in [-0.4, -0.2) is 87.4 Å². The maximum Gasteiger partial charge on any atom is 0.281 e. The Balaban J connectivity index is 1.52. The molecular formula is C21H22F4N8O3S.